The number of aromatic nitrogens is 1. The monoisotopic (exact) mass is 238 g/mol. The summed E-state index contributed by atoms with van der Waals surface area (Å²) in [5.74, 6) is 1.01. The van der Waals surface area contributed by atoms with Crippen LogP contribution in [0.25, 0.3) is 0 Å². The summed E-state index contributed by atoms with van der Waals surface area (Å²) >= 11 is 0. The van der Waals surface area contributed by atoms with E-state index in [4.69, 9.17) is 9.63 Å². The number of carbonyl (C=O) groups is 1. The van der Waals surface area contributed by atoms with Crippen molar-refractivity contribution >= 4 is 5.91 Å². The van der Waals surface area contributed by atoms with Crippen LogP contribution in [0.1, 0.15) is 48.9 Å². The predicted octanol–water partition coefficient (Wildman–Crippen LogP) is 1.30. The molecule has 0 unspecified atom stereocenters. The molecule has 0 radical (unpaired) electrons. The molecule has 1 aliphatic rings. The van der Waals surface area contributed by atoms with Gasteiger partial charge in [-0.05, 0) is 12.8 Å². The van der Waals surface area contributed by atoms with E-state index in [9.17, 15) is 4.79 Å². The van der Waals surface area contributed by atoms with Crippen LogP contribution < -0.4 is 5.32 Å². The fraction of sp³-hybridized carbons (Fsp3) is 0.667. The van der Waals surface area contributed by atoms with Crippen LogP contribution in [-0.2, 0) is 0 Å². The van der Waals surface area contributed by atoms with E-state index in [2.05, 4.69) is 10.5 Å². The SMILES string of the molecule is CC(C)(CO)CNC(=O)c1cc(C2CC2)on1. The maximum Gasteiger partial charge on any atom is 0.273 e. The minimum Gasteiger partial charge on any atom is -0.396 e. The van der Waals surface area contributed by atoms with Gasteiger partial charge in [-0.15, -0.1) is 0 Å². The number of hydrogen-bond acceptors (Lipinski definition) is 4. The molecule has 17 heavy (non-hydrogen) atoms. The van der Waals surface area contributed by atoms with Gasteiger partial charge in [0, 0.05) is 30.6 Å². The van der Waals surface area contributed by atoms with E-state index in [0.717, 1.165) is 18.6 Å². The number of nitrogens with one attached hydrogen (secondary N) is 1. The van der Waals surface area contributed by atoms with Gasteiger partial charge in [0.05, 0.1) is 0 Å². The highest BCUT2D eigenvalue weighted by Gasteiger charge is 2.29. The molecule has 1 aromatic rings. The molecule has 1 aromatic heterocycles. The molecule has 1 amide bonds. The molecule has 1 saturated carbocycles. The van der Waals surface area contributed by atoms with Crippen molar-refractivity contribution in [2.75, 3.05) is 13.2 Å². The van der Waals surface area contributed by atoms with Crippen LogP contribution in [0.4, 0.5) is 0 Å². The zero-order valence-corrected chi connectivity index (χ0v) is 10.2. The maximum absolute atomic E-state index is 11.7. The molecule has 5 heteroatoms. The first-order valence-corrected chi connectivity index (χ1v) is 5.87. The van der Waals surface area contributed by atoms with Crippen LogP contribution in [0.3, 0.4) is 0 Å². The second-order valence-electron chi connectivity index (χ2n) is 5.39. The van der Waals surface area contributed by atoms with Crippen LogP contribution in [-0.4, -0.2) is 29.3 Å². The second kappa shape index (κ2) is 4.49. The van der Waals surface area contributed by atoms with Gasteiger partial charge in [0.15, 0.2) is 5.69 Å². The Hall–Kier alpha value is -1.36. The van der Waals surface area contributed by atoms with Gasteiger partial charge in [-0.2, -0.15) is 0 Å². The van der Waals surface area contributed by atoms with Crippen LogP contribution in [0.2, 0.25) is 0 Å². The molecule has 5 nitrogen and oxygen atoms in total. The quantitative estimate of drug-likeness (QED) is 0.810. The Balaban J connectivity index is 1.90. The van der Waals surface area contributed by atoms with Crippen LogP contribution in [0, 0.1) is 5.41 Å². The fourth-order valence-electron chi connectivity index (χ4n) is 1.42. The van der Waals surface area contributed by atoms with Crippen molar-refractivity contribution in [3.63, 3.8) is 0 Å². The fourth-order valence-corrected chi connectivity index (χ4v) is 1.42. The molecule has 2 rings (SSSR count). The highest BCUT2D eigenvalue weighted by atomic mass is 16.5. The van der Waals surface area contributed by atoms with Crippen molar-refractivity contribution in [2.24, 2.45) is 5.41 Å². The number of carbonyl (C=O) groups excluding carboxylic acids is 1. The van der Waals surface area contributed by atoms with Crippen LogP contribution in [0.5, 0.6) is 0 Å². The average Bonchev–Trinajstić information content (AvgIpc) is 3.04. The van der Waals surface area contributed by atoms with Gasteiger partial charge in [0.25, 0.3) is 5.91 Å². The Kier molecular flexibility index (Phi) is 3.19. The summed E-state index contributed by atoms with van der Waals surface area (Å²) in [4.78, 5) is 11.7. The van der Waals surface area contributed by atoms with E-state index in [0.29, 0.717) is 18.2 Å². The predicted molar refractivity (Wildman–Crippen MR) is 61.7 cm³/mol. The third-order valence-corrected chi connectivity index (χ3v) is 2.90. The summed E-state index contributed by atoms with van der Waals surface area (Å²) in [6.45, 7) is 4.20. The summed E-state index contributed by atoms with van der Waals surface area (Å²) in [5.41, 5.74) is -0.000679. The smallest absolute Gasteiger partial charge is 0.273 e. The Bertz CT molecular complexity index is 408. The Morgan fingerprint density at radius 2 is 2.35 bits per heavy atom. The first-order chi connectivity index (χ1) is 8.02. The number of nitrogens with zero attached hydrogens (tertiary/aromatic N) is 1. The summed E-state index contributed by atoms with van der Waals surface area (Å²) in [5, 5.41) is 15.6. The lowest BCUT2D eigenvalue weighted by Gasteiger charge is -2.21. The van der Waals surface area contributed by atoms with E-state index in [1.165, 1.54) is 0 Å². The van der Waals surface area contributed by atoms with Gasteiger partial charge in [-0.25, -0.2) is 0 Å². The lowest BCUT2D eigenvalue weighted by molar-refractivity contribution is 0.0902. The molecule has 0 saturated heterocycles. The lowest BCUT2D eigenvalue weighted by atomic mass is 9.95. The molecule has 0 bridgehead atoms. The largest absolute Gasteiger partial charge is 0.396 e. The van der Waals surface area contributed by atoms with E-state index >= 15 is 0 Å². The molecule has 94 valence electrons. The second-order valence-corrected chi connectivity index (χ2v) is 5.39. The number of rotatable bonds is 5. The molecule has 2 N–H and O–H groups in total. The first-order valence-electron chi connectivity index (χ1n) is 5.87. The topological polar surface area (TPSA) is 75.4 Å². The van der Waals surface area contributed by atoms with Crippen molar-refractivity contribution in [3.05, 3.63) is 17.5 Å². The van der Waals surface area contributed by atoms with Crippen molar-refractivity contribution < 1.29 is 14.4 Å². The minimum absolute atomic E-state index is 0.0272. The van der Waals surface area contributed by atoms with Crippen molar-refractivity contribution in [1.29, 1.82) is 0 Å². The Labute approximate surface area is 100 Å². The summed E-state index contributed by atoms with van der Waals surface area (Å²) < 4.78 is 5.11. The third-order valence-electron chi connectivity index (χ3n) is 2.90. The first kappa shape index (κ1) is 12.1. The van der Waals surface area contributed by atoms with Crippen molar-refractivity contribution in [2.45, 2.75) is 32.6 Å². The highest BCUT2D eigenvalue weighted by molar-refractivity contribution is 5.92. The zero-order chi connectivity index (χ0) is 12.5. The van der Waals surface area contributed by atoms with Gasteiger partial charge in [0.2, 0.25) is 0 Å². The molecular weight excluding hydrogens is 220 g/mol. The van der Waals surface area contributed by atoms with Gasteiger partial charge < -0.3 is 14.9 Å². The third kappa shape index (κ3) is 3.06. The van der Waals surface area contributed by atoms with Crippen LogP contribution in [0.15, 0.2) is 10.6 Å². The molecule has 1 fully saturated rings. The zero-order valence-electron chi connectivity index (χ0n) is 10.2. The normalized spacial score (nSPS) is 15.9. The average molecular weight is 238 g/mol. The Morgan fingerprint density at radius 1 is 1.65 bits per heavy atom. The van der Waals surface area contributed by atoms with Crippen LogP contribution >= 0.6 is 0 Å². The maximum atomic E-state index is 11.7. The number of hydrogen-bond donors (Lipinski definition) is 2. The lowest BCUT2D eigenvalue weighted by Crippen LogP contribution is -2.36. The van der Waals surface area contributed by atoms with E-state index < -0.39 is 0 Å². The van der Waals surface area contributed by atoms with Gasteiger partial charge in [0.1, 0.15) is 5.76 Å². The molecule has 0 spiro atoms. The van der Waals surface area contributed by atoms with Gasteiger partial charge in [-0.3, -0.25) is 4.79 Å². The minimum atomic E-state index is -0.321. The summed E-state index contributed by atoms with van der Waals surface area (Å²) in [6, 6.07) is 1.71. The highest BCUT2D eigenvalue weighted by Crippen LogP contribution is 2.40. The molecule has 0 aliphatic heterocycles. The number of aliphatic hydroxyl groups excluding tert-OH is 1. The number of aliphatic hydroxyl groups is 1. The van der Waals surface area contributed by atoms with Crippen molar-refractivity contribution in [3.8, 4) is 0 Å². The molecule has 0 aromatic carbocycles. The van der Waals surface area contributed by atoms with E-state index in [-0.39, 0.29) is 17.9 Å². The Morgan fingerprint density at radius 3 is 2.94 bits per heavy atom. The standard InChI is InChI=1S/C12H18N2O3/c1-12(2,7-15)6-13-11(16)9-5-10(17-14-9)8-3-4-8/h5,8,15H,3-4,6-7H2,1-2H3,(H,13,16). The van der Waals surface area contributed by atoms with Crippen molar-refractivity contribution in [1.82, 2.24) is 10.5 Å². The number of amides is 1. The van der Waals surface area contributed by atoms with E-state index in [1.54, 1.807) is 6.07 Å². The molecule has 0 atom stereocenters. The van der Waals surface area contributed by atoms with Gasteiger partial charge in [-0.1, -0.05) is 19.0 Å². The van der Waals surface area contributed by atoms with E-state index in [1.807, 2.05) is 13.8 Å². The molecule has 1 aliphatic carbocycles. The molecular formula is C12H18N2O3. The summed E-state index contributed by atoms with van der Waals surface area (Å²) in [7, 11) is 0. The summed E-state index contributed by atoms with van der Waals surface area (Å²) in [6.07, 6.45) is 2.24. The molecule has 1 heterocycles. The van der Waals surface area contributed by atoms with Gasteiger partial charge >= 0.3 is 0 Å².